The van der Waals surface area contributed by atoms with E-state index < -0.39 is 13.9 Å². The summed E-state index contributed by atoms with van der Waals surface area (Å²) in [6, 6.07) is 0. The molecule has 1 aliphatic heterocycles. The van der Waals surface area contributed by atoms with E-state index in [-0.39, 0.29) is 28.1 Å². The SMILES string of the molecule is CC(=O)/C=C/[C@]12OC(=O)C[C@H]1[C@](C)(CCC=C(C)C)CC=C2CO[Si](C)(C)C(C)(C)C. The van der Waals surface area contributed by atoms with Gasteiger partial charge in [-0.2, -0.15) is 0 Å². The van der Waals surface area contributed by atoms with Crippen LogP contribution in [0.3, 0.4) is 0 Å². The quantitative estimate of drug-likeness (QED) is 0.184. The molecular weight excluding hydrogens is 404 g/mol. The van der Waals surface area contributed by atoms with E-state index in [4.69, 9.17) is 9.16 Å². The van der Waals surface area contributed by atoms with Crippen LogP contribution >= 0.6 is 0 Å². The molecule has 0 saturated carbocycles. The van der Waals surface area contributed by atoms with Crippen molar-refractivity contribution >= 4 is 20.1 Å². The lowest BCUT2D eigenvalue weighted by atomic mass is 9.59. The molecule has 0 spiro atoms. The molecule has 0 radical (unpaired) electrons. The lowest BCUT2D eigenvalue weighted by molar-refractivity contribution is -0.144. The number of rotatable bonds is 8. The van der Waals surface area contributed by atoms with Crippen molar-refractivity contribution in [1.29, 1.82) is 0 Å². The summed E-state index contributed by atoms with van der Waals surface area (Å²) < 4.78 is 12.6. The summed E-state index contributed by atoms with van der Waals surface area (Å²) in [7, 11) is -1.98. The molecular formula is C26H42O4Si. The molecule has 31 heavy (non-hydrogen) atoms. The lowest BCUT2D eigenvalue weighted by Gasteiger charge is -2.48. The van der Waals surface area contributed by atoms with Gasteiger partial charge in [-0.15, -0.1) is 0 Å². The van der Waals surface area contributed by atoms with E-state index in [0.717, 1.165) is 24.8 Å². The van der Waals surface area contributed by atoms with Crippen LogP contribution in [-0.2, 0) is 18.8 Å². The molecule has 4 nitrogen and oxygen atoms in total. The zero-order chi connectivity index (χ0) is 23.7. The third-order valence-corrected chi connectivity index (χ3v) is 12.0. The zero-order valence-electron chi connectivity index (χ0n) is 21.1. The average Bonchev–Trinajstić information content (AvgIpc) is 2.97. The Labute approximate surface area is 190 Å². The van der Waals surface area contributed by atoms with Gasteiger partial charge in [0.05, 0.1) is 13.0 Å². The molecule has 0 amide bonds. The highest BCUT2D eigenvalue weighted by Crippen LogP contribution is 2.56. The van der Waals surface area contributed by atoms with Gasteiger partial charge in [-0.3, -0.25) is 9.59 Å². The number of ketones is 1. The number of esters is 1. The molecule has 1 aliphatic carbocycles. The summed E-state index contributed by atoms with van der Waals surface area (Å²) in [5, 5.41) is 0.0925. The van der Waals surface area contributed by atoms with Crippen molar-refractivity contribution in [3.8, 4) is 0 Å². The van der Waals surface area contributed by atoms with E-state index in [0.29, 0.717) is 13.0 Å². The Balaban J connectivity index is 2.45. The molecule has 3 atom stereocenters. The molecule has 1 fully saturated rings. The fourth-order valence-corrected chi connectivity index (χ4v) is 5.39. The Morgan fingerprint density at radius 1 is 1.29 bits per heavy atom. The van der Waals surface area contributed by atoms with E-state index in [1.807, 2.05) is 6.08 Å². The first kappa shape index (κ1) is 25.8. The first-order chi connectivity index (χ1) is 14.1. The van der Waals surface area contributed by atoms with E-state index in [9.17, 15) is 9.59 Å². The number of carbonyl (C=O) groups is 2. The van der Waals surface area contributed by atoms with Crippen molar-refractivity contribution in [2.75, 3.05) is 6.61 Å². The molecule has 0 unspecified atom stereocenters. The molecule has 0 aromatic carbocycles. The number of hydrogen-bond donors (Lipinski definition) is 0. The number of carbonyl (C=O) groups excluding carboxylic acids is 2. The van der Waals surface area contributed by atoms with Crippen LogP contribution < -0.4 is 0 Å². The van der Waals surface area contributed by atoms with E-state index in [1.54, 1.807) is 6.08 Å². The second-order valence-electron chi connectivity index (χ2n) is 11.4. The van der Waals surface area contributed by atoms with Gasteiger partial charge in [-0.25, -0.2) is 0 Å². The fraction of sp³-hybridized carbons (Fsp3) is 0.692. The molecule has 2 rings (SSSR count). The van der Waals surface area contributed by atoms with Crippen molar-refractivity contribution in [1.82, 2.24) is 0 Å². The summed E-state index contributed by atoms with van der Waals surface area (Å²) in [5.41, 5.74) is 1.33. The Morgan fingerprint density at radius 3 is 2.48 bits per heavy atom. The number of fused-ring (bicyclic) bond motifs is 1. The van der Waals surface area contributed by atoms with Gasteiger partial charge in [0.25, 0.3) is 0 Å². The highest BCUT2D eigenvalue weighted by Gasteiger charge is 2.59. The maximum atomic E-state index is 12.6. The molecule has 0 aromatic rings. The third kappa shape index (κ3) is 5.67. The smallest absolute Gasteiger partial charge is 0.307 e. The van der Waals surface area contributed by atoms with Crippen LogP contribution in [0.4, 0.5) is 0 Å². The van der Waals surface area contributed by atoms with Crippen molar-refractivity contribution in [3.63, 3.8) is 0 Å². The van der Waals surface area contributed by atoms with Gasteiger partial charge >= 0.3 is 5.97 Å². The first-order valence-electron chi connectivity index (χ1n) is 11.5. The normalized spacial score (nSPS) is 28.9. The Hall–Kier alpha value is -1.46. The number of allylic oxidation sites excluding steroid dienone is 4. The minimum absolute atomic E-state index is 0.00308. The van der Waals surface area contributed by atoms with Gasteiger partial charge in [-0.05, 0) is 81.3 Å². The summed E-state index contributed by atoms with van der Waals surface area (Å²) in [4.78, 5) is 24.5. The summed E-state index contributed by atoms with van der Waals surface area (Å²) >= 11 is 0. The van der Waals surface area contributed by atoms with Gasteiger partial charge < -0.3 is 9.16 Å². The highest BCUT2D eigenvalue weighted by atomic mass is 28.4. The van der Waals surface area contributed by atoms with Crippen LogP contribution in [-0.4, -0.2) is 32.3 Å². The fourth-order valence-electron chi connectivity index (χ4n) is 4.44. The van der Waals surface area contributed by atoms with Crippen LogP contribution in [0, 0.1) is 11.3 Å². The Bertz CT molecular complexity index is 795. The van der Waals surface area contributed by atoms with E-state index in [1.165, 1.54) is 12.5 Å². The molecule has 5 heteroatoms. The van der Waals surface area contributed by atoms with Gasteiger partial charge in [0.2, 0.25) is 0 Å². The second-order valence-corrected chi connectivity index (χ2v) is 16.2. The molecule has 0 N–H and O–H groups in total. The zero-order valence-corrected chi connectivity index (χ0v) is 22.1. The predicted molar refractivity (Wildman–Crippen MR) is 129 cm³/mol. The molecule has 1 saturated heterocycles. The van der Waals surface area contributed by atoms with Crippen molar-refractivity contribution in [2.24, 2.45) is 11.3 Å². The van der Waals surface area contributed by atoms with Crippen molar-refractivity contribution in [2.45, 2.75) is 97.9 Å². The topological polar surface area (TPSA) is 52.6 Å². The monoisotopic (exact) mass is 446 g/mol. The second kappa shape index (κ2) is 9.19. The van der Waals surface area contributed by atoms with Crippen LogP contribution in [0.2, 0.25) is 18.1 Å². The minimum atomic E-state index is -1.98. The highest BCUT2D eigenvalue weighted by molar-refractivity contribution is 6.74. The van der Waals surface area contributed by atoms with Crippen LogP contribution in [0.25, 0.3) is 0 Å². The van der Waals surface area contributed by atoms with Gasteiger partial charge in [0, 0.05) is 5.92 Å². The summed E-state index contributed by atoms with van der Waals surface area (Å²) in [6.07, 6.45) is 11.1. The standard InChI is InChI=1S/C26H42O4Si/c1-19(2)11-10-14-25(7)15-13-21(18-29-31(8,9)24(4,5)6)26(16-12-20(3)27)22(25)17-23(28)30-26/h11-13,16,22H,10,14-15,17-18H2,1-9H3/b16-12+/t22-,25+,26+/m0/s1. The third-order valence-electron chi connectivity index (χ3n) is 7.56. The van der Waals surface area contributed by atoms with Crippen molar-refractivity contribution in [3.05, 3.63) is 35.5 Å². The summed E-state index contributed by atoms with van der Waals surface area (Å²) in [6.45, 7) is 19.6. The van der Waals surface area contributed by atoms with Gasteiger partial charge in [-0.1, -0.05) is 45.4 Å². The Kier molecular flexibility index (Phi) is 7.64. The van der Waals surface area contributed by atoms with Crippen LogP contribution in [0.1, 0.15) is 74.1 Å². The van der Waals surface area contributed by atoms with E-state index >= 15 is 0 Å². The van der Waals surface area contributed by atoms with Gasteiger partial charge in [0.15, 0.2) is 19.7 Å². The molecule has 2 aliphatic rings. The molecule has 174 valence electrons. The Morgan fingerprint density at radius 2 is 1.94 bits per heavy atom. The maximum absolute atomic E-state index is 12.6. The lowest BCUT2D eigenvalue weighted by Crippen LogP contribution is -2.50. The largest absolute Gasteiger partial charge is 0.450 e. The average molecular weight is 447 g/mol. The molecule has 1 heterocycles. The molecule has 0 aromatic heterocycles. The van der Waals surface area contributed by atoms with Gasteiger partial charge in [0.1, 0.15) is 0 Å². The van der Waals surface area contributed by atoms with Crippen molar-refractivity contribution < 1.29 is 18.8 Å². The summed E-state index contributed by atoms with van der Waals surface area (Å²) in [5.74, 6) is -0.235. The molecule has 0 bridgehead atoms. The van der Waals surface area contributed by atoms with E-state index in [2.05, 4.69) is 66.8 Å². The number of ether oxygens (including phenoxy) is 1. The van der Waals surface area contributed by atoms with Crippen LogP contribution in [0.5, 0.6) is 0 Å². The minimum Gasteiger partial charge on any atom is -0.450 e. The first-order valence-corrected chi connectivity index (χ1v) is 14.4. The maximum Gasteiger partial charge on any atom is 0.307 e. The predicted octanol–water partition coefficient (Wildman–Crippen LogP) is 6.54. The van der Waals surface area contributed by atoms with Crippen LogP contribution in [0.15, 0.2) is 35.5 Å². The number of hydrogen-bond acceptors (Lipinski definition) is 4.